The summed E-state index contributed by atoms with van der Waals surface area (Å²) in [4.78, 5) is 13.1. The van der Waals surface area contributed by atoms with Crippen LogP contribution in [0.2, 0.25) is 5.02 Å². The maximum absolute atomic E-state index is 13.2. The van der Waals surface area contributed by atoms with Gasteiger partial charge in [0.2, 0.25) is 0 Å². The lowest BCUT2D eigenvalue weighted by Crippen LogP contribution is -2.37. The zero-order valence-electron chi connectivity index (χ0n) is 14.4. The number of nitrogens with zero attached hydrogens (tertiary/aromatic N) is 1. The van der Waals surface area contributed by atoms with Gasteiger partial charge in [0, 0.05) is 10.6 Å². The van der Waals surface area contributed by atoms with Gasteiger partial charge in [-0.15, -0.1) is 0 Å². The van der Waals surface area contributed by atoms with E-state index in [0.717, 1.165) is 4.31 Å². The van der Waals surface area contributed by atoms with Crippen molar-refractivity contribution < 1.29 is 17.9 Å². The van der Waals surface area contributed by atoms with Gasteiger partial charge in [-0.1, -0.05) is 29.8 Å². The summed E-state index contributed by atoms with van der Waals surface area (Å²) in [6, 6.07) is 20.1. The normalized spacial score (nSPS) is 11.0. The smallest absolute Gasteiger partial charge is 0.272 e. The van der Waals surface area contributed by atoms with Crippen molar-refractivity contribution in [1.82, 2.24) is 0 Å². The summed E-state index contributed by atoms with van der Waals surface area (Å²) >= 11 is 5.88. The minimum absolute atomic E-state index is 0.0168. The van der Waals surface area contributed by atoms with Crippen LogP contribution in [0.1, 0.15) is 10.4 Å². The maximum Gasteiger partial charge on any atom is 0.272 e. The number of carbonyl (C=O) groups excluding carboxylic acids is 1. The highest BCUT2D eigenvalue weighted by molar-refractivity contribution is 7.93. The van der Waals surface area contributed by atoms with Crippen molar-refractivity contribution >= 4 is 33.2 Å². The summed E-state index contributed by atoms with van der Waals surface area (Å²) in [6.45, 7) is 0. The Morgan fingerprint density at radius 3 is 2.04 bits per heavy atom. The van der Waals surface area contributed by atoms with Gasteiger partial charge in [-0.05, 0) is 60.7 Å². The molecule has 0 unspecified atom stereocenters. The number of halogens is 1. The van der Waals surface area contributed by atoms with Crippen molar-refractivity contribution in [2.75, 3.05) is 11.4 Å². The van der Waals surface area contributed by atoms with Crippen LogP contribution in [0.3, 0.4) is 0 Å². The van der Waals surface area contributed by atoms with Crippen LogP contribution < -0.4 is 9.04 Å². The van der Waals surface area contributed by atoms with Gasteiger partial charge in [0.1, 0.15) is 5.75 Å². The number of rotatable bonds is 5. The fraction of sp³-hybridized carbons (Fsp3) is 0.0500. The molecule has 0 spiro atoms. The molecule has 0 aliphatic heterocycles. The van der Waals surface area contributed by atoms with E-state index in [4.69, 9.17) is 16.3 Å². The molecule has 3 rings (SSSR count). The first kappa shape index (κ1) is 18.9. The number of carbonyl (C=O) groups is 1. The fourth-order valence-electron chi connectivity index (χ4n) is 2.49. The van der Waals surface area contributed by atoms with Gasteiger partial charge >= 0.3 is 0 Å². The Hall–Kier alpha value is -2.83. The highest BCUT2D eigenvalue weighted by Crippen LogP contribution is 2.28. The third-order valence-electron chi connectivity index (χ3n) is 3.86. The van der Waals surface area contributed by atoms with Crippen LogP contribution in [0.25, 0.3) is 0 Å². The molecule has 0 bridgehead atoms. The topological polar surface area (TPSA) is 63.7 Å². The molecule has 5 nitrogen and oxygen atoms in total. The molecule has 0 N–H and O–H groups in total. The molecule has 0 saturated heterocycles. The second kappa shape index (κ2) is 7.82. The monoisotopic (exact) mass is 401 g/mol. The highest BCUT2D eigenvalue weighted by Gasteiger charge is 2.31. The van der Waals surface area contributed by atoms with E-state index in [1.807, 2.05) is 0 Å². The van der Waals surface area contributed by atoms with E-state index in [9.17, 15) is 13.2 Å². The van der Waals surface area contributed by atoms with Crippen LogP contribution in [0.15, 0.2) is 83.8 Å². The number of ether oxygens (including phenoxy) is 1. The summed E-state index contributed by atoms with van der Waals surface area (Å²) in [5, 5.41) is 0.452. The maximum atomic E-state index is 13.2. The van der Waals surface area contributed by atoms with Gasteiger partial charge in [-0.25, -0.2) is 8.42 Å². The average Bonchev–Trinajstić information content (AvgIpc) is 2.69. The van der Waals surface area contributed by atoms with Crippen molar-refractivity contribution in [2.45, 2.75) is 4.90 Å². The number of anilines is 1. The van der Waals surface area contributed by atoms with Crippen LogP contribution in [-0.4, -0.2) is 21.4 Å². The van der Waals surface area contributed by atoms with E-state index in [1.54, 1.807) is 30.3 Å². The summed E-state index contributed by atoms with van der Waals surface area (Å²) in [5.41, 5.74) is 0.411. The molecule has 0 atom stereocenters. The first-order valence-corrected chi connectivity index (χ1v) is 9.79. The van der Waals surface area contributed by atoms with Gasteiger partial charge in [0.05, 0.1) is 17.7 Å². The van der Waals surface area contributed by atoms with Crippen molar-refractivity contribution in [3.8, 4) is 5.75 Å². The molecule has 3 aromatic rings. The summed E-state index contributed by atoms with van der Waals surface area (Å²) < 4.78 is 32.3. The Balaban J connectivity index is 2.13. The molecule has 27 heavy (non-hydrogen) atoms. The predicted octanol–water partition coefficient (Wildman–Crippen LogP) is 4.38. The van der Waals surface area contributed by atoms with E-state index < -0.39 is 15.9 Å². The average molecular weight is 402 g/mol. The number of hydrogen-bond acceptors (Lipinski definition) is 4. The molecule has 0 fully saturated rings. The second-order valence-electron chi connectivity index (χ2n) is 5.59. The second-order valence-corrected chi connectivity index (χ2v) is 7.82. The fourth-order valence-corrected chi connectivity index (χ4v) is 4.05. The Kier molecular flexibility index (Phi) is 5.48. The van der Waals surface area contributed by atoms with E-state index in [1.165, 1.54) is 55.6 Å². The Labute approximate surface area is 162 Å². The molecule has 0 radical (unpaired) electrons. The molecule has 3 aromatic carbocycles. The van der Waals surface area contributed by atoms with Gasteiger partial charge in [0.15, 0.2) is 0 Å². The number of sulfonamides is 1. The Bertz CT molecular complexity index is 1030. The van der Waals surface area contributed by atoms with Crippen molar-refractivity contribution in [2.24, 2.45) is 0 Å². The SMILES string of the molecule is COc1ccc(N(C(=O)c2ccc(Cl)cc2)S(=O)(=O)c2ccccc2)cc1. The molecule has 0 aliphatic rings. The van der Waals surface area contributed by atoms with Crippen molar-refractivity contribution in [3.05, 3.63) is 89.4 Å². The third-order valence-corrected chi connectivity index (χ3v) is 5.84. The number of benzene rings is 3. The lowest BCUT2D eigenvalue weighted by molar-refractivity contribution is 0.101. The number of amides is 1. The molecular formula is C20H16ClNO4S. The van der Waals surface area contributed by atoms with Crippen LogP contribution in [0.4, 0.5) is 5.69 Å². The minimum Gasteiger partial charge on any atom is -0.497 e. The van der Waals surface area contributed by atoms with Gasteiger partial charge < -0.3 is 4.74 Å². The molecule has 0 aromatic heterocycles. The zero-order valence-corrected chi connectivity index (χ0v) is 15.9. The van der Waals surface area contributed by atoms with Crippen LogP contribution >= 0.6 is 11.6 Å². The zero-order chi connectivity index (χ0) is 19.4. The van der Waals surface area contributed by atoms with E-state index in [-0.39, 0.29) is 16.1 Å². The lowest BCUT2D eigenvalue weighted by Gasteiger charge is -2.23. The summed E-state index contributed by atoms with van der Waals surface area (Å²) in [7, 11) is -2.61. The molecule has 1 amide bonds. The predicted molar refractivity (Wildman–Crippen MR) is 105 cm³/mol. The lowest BCUT2D eigenvalue weighted by atomic mass is 10.2. The molecule has 0 heterocycles. The molecule has 138 valence electrons. The Morgan fingerprint density at radius 1 is 0.889 bits per heavy atom. The van der Waals surface area contributed by atoms with E-state index >= 15 is 0 Å². The summed E-state index contributed by atoms with van der Waals surface area (Å²) in [6.07, 6.45) is 0. The van der Waals surface area contributed by atoms with E-state index in [0.29, 0.717) is 10.8 Å². The number of hydrogen-bond donors (Lipinski definition) is 0. The molecule has 0 saturated carbocycles. The number of methoxy groups -OCH3 is 1. The van der Waals surface area contributed by atoms with Crippen LogP contribution in [-0.2, 0) is 10.0 Å². The molecular weight excluding hydrogens is 386 g/mol. The Morgan fingerprint density at radius 2 is 1.48 bits per heavy atom. The molecule has 0 aliphatic carbocycles. The van der Waals surface area contributed by atoms with Crippen molar-refractivity contribution in [3.63, 3.8) is 0 Å². The van der Waals surface area contributed by atoms with Crippen LogP contribution in [0, 0.1) is 0 Å². The first-order chi connectivity index (χ1) is 12.9. The first-order valence-electron chi connectivity index (χ1n) is 7.98. The standard InChI is InChI=1S/C20H16ClNO4S/c1-26-18-13-11-17(12-14-18)22(20(23)15-7-9-16(21)10-8-15)27(24,25)19-5-3-2-4-6-19/h2-14H,1H3. The third kappa shape index (κ3) is 3.97. The molecule has 7 heteroatoms. The van der Waals surface area contributed by atoms with Crippen molar-refractivity contribution in [1.29, 1.82) is 0 Å². The van der Waals surface area contributed by atoms with Gasteiger partial charge in [0.25, 0.3) is 15.9 Å². The highest BCUT2D eigenvalue weighted by atomic mass is 35.5. The quantitative estimate of drug-likeness (QED) is 0.636. The van der Waals surface area contributed by atoms with E-state index in [2.05, 4.69) is 0 Å². The summed E-state index contributed by atoms with van der Waals surface area (Å²) in [5.74, 6) is -0.129. The van der Waals surface area contributed by atoms with Crippen LogP contribution in [0.5, 0.6) is 5.75 Å². The van der Waals surface area contributed by atoms with Gasteiger partial charge in [-0.3, -0.25) is 4.79 Å². The van der Waals surface area contributed by atoms with Gasteiger partial charge in [-0.2, -0.15) is 4.31 Å². The largest absolute Gasteiger partial charge is 0.497 e. The minimum atomic E-state index is -4.12.